The van der Waals surface area contributed by atoms with E-state index in [0.717, 1.165) is 41.8 Å². The molecule has 1 aromatic rings. The molecule has 1 fully saturated rings. The third-order valence-corrected chi connectivity index (χ3v) is 8.32. The molecule has 1 radical (unpaired) electrons. The van der Waals surface area contributed by atoms with E-state index in [2.05, 4.69) is 60.7 Å². The number of carbonyl (C=O) groups excluding carboxylic acids is 1. The highest BCUT2D eigenvalue weighted by atomic mass is 35.5. The van der Waals surface area contributed by atoms with Crippen LogP contribution in [-0.4, -0.2) is 28.2 Å². The van der Waals surface area contributed by atoms with E-state index in [1.54, 1.807) is 0 Å². The Hall–Kier alpha value is -0.883. The van der Waals surface area contributed by atoms with Crippen molar-refractivity contribution in [2.75, 3.05) is 7.11 Å². The number of esters is 1. The number of carbonyl (C=O) groups is 1. The molecule has 0 aromatic heterocycles. The Morgan fingerprint density at radius 3 is 2.15 bits per heavy atom. The lowest BCUT2D eigenvalue weighted by Crippen LogP contribution is -2.54. The van der Waals surface area contributed by atoms with Gasteiger partial charge in [0.05, 0.1) is 24.7 Å². The molecule has 0 bridgehead atoms. The second-order valence-electron chi connectivity index (χ2n) is 13.0. The average Bonchev–Trinajstić information content (AvgIpc) is 2.65. The highest BCUT2D eigenvalue weighted by Gasteiger charge is 2.51. The summed E-state index contributed by atoms with van der Waals surface area (Å²) >= 11 is 6.69. The van der Waals surface area contributed by atoms with Crippen LogP contribution in [0.1, 0.15) is 78.9 Å². The number of benzene rings is 1. The van der Waals surface area contributed by atoms with Crippen LogP contribution in [0.4, 0.5) is 0 Å². The molecule has 0 heterocycles. The molecule has 0 saturated heterocycles. The fourth-order valence-electron chi connectivity index (χ4n) is 5.29. The molecule has 1 aromatic carbocycles. The molecule has 1 aliphatic rings. The van der Waals surface area contributed by atoms with Crippen LogP contribution in [0.15, 0.2) is 18.2 Å². The van der Waals surface area contributed by atoms with Gasteiger partial charge in [-0.3, -0.25) is 4.79 Å². The van der Waals surface area contributed by atoms with E-state index in [1.165, 1.54) is 7.11 Å². The standard InChI is InChI=1S/C28H47ClNO3Si/c1-26(2,3)14-13-18-11-12-21(17-22(18)29)28(7,30)23(25(31)32-8)19-15-20(16-19)24(27(4,5)6)33-34(9)10/h11-12,17,19-20,23-24H,13-16,30H2,1-10H3. The number of hydrogen-bond acceptors (Lipinski definition) is 4. The number of rotatable bonds is 9. The van der Waals surface area contributed by atoms with Gasteiger partial charge in [-0.1, -0.05) is 65.3 Å². The topological polar surface area (TPSA) is 61.5 Å². The van der Waals surface area contributed by atoms with Crippen molar-refractivity contribution in [3.8, 4) is 0 Å². The molecule has 0 aliphatic heterocycles. The number of methoxy groups -OCH3 is 1. The summed E-state index contributed by atoms with van der Waals surface area (Å²) in [5, 5.41) is 0.718. The van der Waals surface area contributed by atoms with Crippen LogP contribution < -0.4 is 5.73 Å². The third kappa shape index (κ3) is 7.31. The monoisotopic (exact) mass is 508 g/mol. The molecule has 2 N–H and O–H groups in total. The lowest BCUT2D eigenvalue weighted by Gasteiger charge is -2.50. The molecular formula is C28H47ClNO3Si. The molecule has 3 unspecified atom stereocenters. The van der Waals surface area contributed by atoms with Crippen LogP contribution in [0.3, 0.4) is 0 Å². The maximum absolute atomic E-state index is 13.0. The maximum atomic E-state index is 13.0. The number of aryl methyl sites for hydroxylation is 1. The zero-order chi connectivity index (χ0) is 26.1. The molecule has 34 heavy (non-hydrogen) atoms. The Labute approximate surface area is 215 Å². The van der Waals surface area contributed by atoms with E-state index < -0.39 is 20.5 Å². The summed E-state index contributed by atoms with van der Waals surface area (Å²) in [4.78, 5) is 13.0. The first-order chi connectivity index (χ1) is 15.5. The van der Waals surface area contributed by atoms with Gasteiger partial charge in [0.2, 0.25) is 9.04 Å². The lowest BCUT2D eigenvalue weighted by molar-refractivity contribution is -0.155. The van der Waals surface area contributed by atoms with Crippen LogP contribution in [0.2, 0.25) is 18.1 Å². The number of ether oxygens (including phenoxy) is 1. The molecule has 0 spiro atoms. The smallest absolute Gasteiger partial charge is 0.311 e. The summed E-state index contributed by atoms with van der Waals surface area (Å²) in [6.45, 7) is 19.7. The summed E-state index contributed by atoms with van der Waals surface area (Å²) in [7, 11) is 0.634. The van der Waals surface area contributed by atoms with Gasteiger partial charge in [-0.2, -0.15) is 0 Å². The van der Waals surface area contributed by atoms with E-state index in [1.807, 2.05) is 19.1 Å². The van der Waals surface area contributed by atoms with Gasteiger partial charge >= 0.3 is 5.97 Å². The summed E-state index contributed by atoms with van der Waals surface area (Å²) < 4.78 is 11.7. The first-order valence-corrected chi connectivity index (χ1v) is 15.4. The van der Waals surface area contributed by atoms with Crippen molar-refractivity contribution in [1.29, 1.82) is 0 Å². The second-order valence-corrected chi connectivity index (χ2v) is 15.4. The third-order valence-electron chi connectivity index (χ3n) is 7.25. The SMILES string of the molecule is COC(=O)C(C1CC(C(O[Si](C)C)C(C)(C)C)C1)C(C)(N)c1ccc(CCC(C)(C)C)c(Cl)c1. The highest BCUT2D eigenvalue weighted by Crippen LogP contribution is 2.50. The largest absolute Gasteiger partial charge is 0.469 e. The van der Waals surface area contributed by atoms with Crippen molar-refractivity contribution < 1.29 is 14.0 Å². The molecule has 2 rings (SSSR count). The fraction of sp³-hybridized carbons (Fsp3) is 0.750. The Morgan fingerprint density at radius 2 is 1.71 bits per heavy atom. The van der Waals surface area contributed by atoms with Crippen molar-refractivity contribution in [3.63, 3.8) is 0 Å². The van der Waals surface area contributed by atoms with Crippen molar-refractivity contribution in [2.24, 2.45) is 34.3 Å². The summed E-state index contributed by atoms with van der Waals surface area (Å²) in [5.74, 6) is -0.0925. The average molecular weight is 509 g/mol. The van der Waals surface area contributed by atoms with Crippen LogP contribution in [0, 0.1) is 28.6 Å². The zero-order valence-electron chi connectivity index (χ0n) is 23.0. The normalized spacial score (nSPS) is 22.6. The van der Waals surface area contributed by atoms with Gasteiger partial charge in [0, 0.05) is 5.02 Å². The van der Waals surface area contributed by atoms with Crippen molar-refractivity contribution >= 4 is 26.6 Å². The Balaban J connectivity index is 2.25. The Bertz CT molecular complexity index is 835. The molecule has 193 valence electrons. The predicted octanol–water partition coefficient (Wildman–Crippen LogP) is 6.99. The molecule has 3 atom stereocenters. The second kappa shape index (κ2) is 11.0. The number of hydrogen-bond donors (Lipinski definition) is 1. The van der Waals surface area contributed by atoms with Crippen LogP contribution >= 0.6 is 11.6 Å². The minimum Gasteiger partial charge on any atom is -0.469 e. The predicted molar refractivity (Wildman–Crippen MR) is 144 cm³/mol. The van der Waals surface area contributed by atoms with Gasteiger partial charge in [0.15, 0.2) is 0 Å². The van der Waals surface area contributed by atoms with Gasteiger partial charge in [-0.25, -0.2) is 0 Å². The summed E-state index contributed by atoms with van der Waals surface area (Å²) in [5.41, 5.74) is 8.36. The van der Waals surface area contributed by atoms with Crippen LogP contribution in [-0.2, 0) is 25.9 Å². The molecule has 1 aliphatic carbocycles. The molecular weight excluding hydrogens is 462 g/mol. The van der Waals surface area contributed by atoms with E-state index >= 15 is 0 Å². The van der Waals surface area contributed by atoms with E-state index in [4.69, 9.17) is 26.5 Å². The van der Waals surface area contributed by atoms with Crippen molar-refractivity contribution in [1.82, 2.24) is 0 Å². The van der Waals surface area contributed by atoms with Crippen molar-refractivity contribution in [2.45, 2.75) is 98.9 Å². The number of halogens is 1. The van der Waals surface area contributed by atoms with Crippen LogP contribution in [0.5, 0.6) is 0 Å². The minimum atomic E-state index is -0.878. The van der Waals surface area contributed by atoms with Gasteiger partial charge < -0.3 is 14.9 Å². The Kier molecular flexibility index (Phi) is 9.51. The summed E-state index contributed by atoms with van der Waals surface area (Å²) in [6, 6.07) is 6.07. The lowest BCUT2D eigenvalue weighted by atomic mass is 9.58. The zero-order valence-corrected chi connectivity index (χ0v) is 24.8. The van der Waals surface area contributed by atoms with Gasteiger partial charge in [-0.05, 0) is 85.6 Å². The molecule has 1 saturated carbocycles. The van der Waals surface area contributed by atoms with Gasteiger partial charge in [0.1, 0.15) is 0 Å². The van der Waals surface area contributed by atoms with Crippen molar-refractivity contribution in [3.05, 3.63) is 34.3 Å². The molecule has 0 amide bonds. The first kappa shape index (κ1) is 29.3. The number of nitrogens with two attached hydrogens (primary N) is 1. The van der Waals surface area contributed by atoms with Gasteiger partial charge in [-0.15, -0.1) is 0 Å². The van der Waals surface area contributed by atoms with Gasteiger partial charge in [0.25, 0.3) is 0 Å². The fourth-order valence-corrected chi connectivity index (χ4v) is 6.62. The molecule has 6 heteroatoms. The highest BCUT2D eigenvalue weighted by molar-refractivity contribution is 6.48. The van der Waals surface area contributed by atoms with E-state index in [0.29, 0.717) is 5.92 Å². The Morgan fingerprint density at radius 1 is 1.12 bits per heavy atom. The quantitative estimate of drug-likeness (QED) is 0.288. The first-order valence-electron chi connectivity index (χ1n) is 12.6. The maximum Gasteiger partial charge on any atom is 0.311 e. The molecule has 4 nitrogen and oxygen atoms in total. The van der Waals surface area contributed by atoms with Crippen LogP contribution in [0.25, 0.3) is 0 Å². The van der Waals surface area contributed by atoms with E-state index in [9.17, 15) is 4.79 Å². The minimum absolute atomic E-state index is 0.0563. The summed E-state index contributed by atoms with van der Waals surface area (Å²) in [6.07, 6.45) is 3.99. The van der Waals surface area contributed by atoms with E-state index in [-0.39, 0.29) is 28.8 Å².